The third-order valence-electron chi connectivity index (χ3n) is 4.31. The van der Waals surface area contributed by atoms with E-state index < -0.39 is 0 Å². The van der Waals surface area contributed by atoms with E-state index in [1.165, 1.54) is 0 Å². The molecule has 0 radical (unpaired) electrons. The molecule has 2 heterocycles. The van der Waals surface area contributed by atoms with Crippen LogP contribution >= 0.6 is 0 Å². The largest absolute Gasteiger partial charge is 0.343 e. The van der Waals surface area contributed by atoms with Crippen molar-refractivity contribution in [3.05, 3.63) is 54.2 Å². The fraction of sp³-hybridized carbons (Fsp3) is 0.333. The van der Waals surface area contributed by atoms with Crippen LogP contribution in [0.5, 0.6) is 0 Å². The molecule has 3 aromatic rings. The van der Waals surface area contributed by atoms with Crippen molar-refractivity contribution in [2.45, 2.75) is 26.7 Å². The van der Waals surface area contributed by atoms with E-state index in [1.807, 2.05) is 30.3 Å². The molecule has 0 aliphatic rings. The highest BCUT2D eigenvalue weighted by Gasteiger charge is 2.17. The van der Waals surface area contributed by atoms with E-state index in [0.29, 0.717) is 11.6 Å². The molecule has 5 nitrogen and oxygen atoms in total. The highest BCUT2D eigenvalue weighted by molar-refractivity contribution is 6.05. The summed E-state index contributed by atoms with van der Waals surface area (Å²) in [6, 6.07) is 9.89. The first kappa shape index (κ1) is 18.0. The smallest absolute Gasteiger partial charge is 0.272 e. The average Bonchev–Trinajstić information content (AvgIpc) is 2.65. The molecule has 0 spiro atoms. The van der Waals surface area contributed by atoms with Gasteiger partial charge in [-0.1, -0.05) is 19.9 Å². The minimum Gasteiger partial charge on any atom is -0.343 e. The molecule has 0 aliphatic carbocycles. The van der Waals surface area contributed by atoms with Crippen LogP contribution in [0.4, 0.5) is 0 Å². The third kappa shape index (κ3) is 3.87. The Morgan fingerprint density at radius 2 is 1.77 bits per heavy atom. The number of benzene rings is 1. The van der Waals surface area contributed by atoms with E-state index >= 15 is 0 Å². The molecule has 0 fully saturated rings. The Hall–Kier alpha value is -2.82. The van der Waals surface area contributed by atoms with Crippen LogP contribution in [0.1, 0.15) is 36.6 Å². The molecular formula is C21H24N4O. The van der Waals surface area contributed by atoms with E-state index in [0.717, 1.165) is 40.7 Å². The Labute approximate surface area is 154 Å². The van der Waals surface area contributed by atoms with Crippen molar-refractivity contribution in [3.8, 4) is 11.1 Å². The maximum absolute atomic E-state index is 12.7. The summed E-state index contributed by atoms with van der Waals surface area (Å²) in [5, 5.41) is 0.784. The van der Waals surface area contributed by atoms with Crippen molar-refractivity contribution in [2.24, 2.45) is 5.92 Å². The predicted octanol–water partition coefficient (Wildman–Crippen LogP) is 3.98. The summed E-state index contributed by atoms with van der Waals surface area (Å²) in [6.07, 6.45) is 5.29. The van der Waals surface area contributed by atoms with Gasteiger partial charge in [0.25, 0.3) is 5.91 Å². The summed E-state index contributed by atoms with van der Waals surface area (Å²) >= 11 is 0. The van der Waals surface area contributed by atoms with Crippen molar-refractivity contribution < 1.29 is 4.79 Å². The molecule has 134 valence electrons. The Bertz CT molecular complexity index is 920. The molecule has 3 rings (SSSR count). The topological polar surface area (TPSA) is 59.0 Å². The number of aromatic nitrogens is 3. The van der Waals surface area contributed by atoms with Gasteiger partial charge in [0.05, 0.1) is 5.52 Å². The van der Waals surface area contributed by atoms with Gasteiger partial charge in [0, 0.05) is 38.3 Å². The molecule has 0 aliphatic heterocycles. The Morgan fingerprint density at radius 1 is 1.04 bits per heavy atom. The predicted molar refractivity (Wildman–Crippen MR) is 104 cm³/mol. The van der Waals surface area contributed by atoms with E-state index in [4.69, 9.17) is 4.98 Å². The van der Waals surface area contributed by atoms with E-state index in [9.17, 15) is 4.79 Å². The van der Waals surface area contributed by atoms with Gasteiger partial charge in [0.2, 0.25) is 0 Å². The molecule has 0 atom stereocenters. The zero-order valence-electron chi connectivity index (χ0n) is 15.7. The van der Waals surface area contributed by atoms with Gasteiger partial charge >= 0.3 is 0 Å². The zero-order chi connectivity index (χ0) is 18.7. The third-order valence-corrected chi connectivity index (χ3v) is 4.31. The number of rotatable bonds is 5. The molecule has 1 amide bonds. The van der Waals surface area contributed by atoms with Crippen LogP contribution in [0, 0.1) is 5.92 Å². The van der Waals surface area contributed by atoms with Gasteiger partial charge in [-0.3, -0.25) is 9.78 Å². The summed E-state index contributed by atoms with van der Waals surface area (Å²) in [5.74, 6) is 1.19. The Morgan fingerprint density at radius 3 is 2.42 bits per heavy atom. The number of nitrogens with zero attached hydrogens (tertiary/aromatic N) is 4. The van der Waals surface area contributed by atoms with Gasteiger partial charge in [-0.25, -0.2) is 9.97 Å². The molecule has 0 saturated carbocycles. The lowest BCUT2D eigenvalue weighted by atomic mass is 10.0. The van der Waals surface area contributed by atoms with Crippen LogP contribution in [0.2, 0.25) is 0 Å². The van der Waals surface area contributed by atoms with Crippen molar-refractivity contribution in [1.82, 2.24) is 19.9 Å². The van der Waals surface area contributed by atoms with Crippen LogP contribution in [-0.2, 0) is 6.42 Å². The second-order valence-electron chi connectivity index (χ2n) is 7.09. The number of pyridine rings is 1. The number of hydrogen-bond acceptors (Lipinski definition) is 4. The van der Waals surface area contributed by atoms with E-state index in [-0.39, 0.29) is 5.91 Å². The Balaban J connectivity index is 2.13. The van der Waals surface area contributed by atoms with Gasteiger partial charge < -0.3 is 4.90 Å². The summed E-state index contributed by atoms with van der Waals surface area (Å²) in [6.45, 7) is 4.35. The number of aryl methyl sites for hydroxylation is 1. The monoisotopic (exact) mass is 348 g/mol. The van der Waals surface area contributed by atoms with Gasteiger partial charge in [-0.05, 0) is 47.7 Å². The minimum atomic E-state index is -0.102. The molecule has 2 aromatic heterocycles. The summed E-state index contributed by atoms with van der Waals surface area (Å²) in [7, 11) is 3.49. The SMILES string of the molecule is CC(C)CCc1nc(C(=O)N(C)C)c2cc(-c3ccncc3)ccc2n1. The number of carbonyl (C=O) groups excluding carboxylic acids is 1. The summed E-state index contributed by atoms with van der Waals surface area (Å²) < 4.78 is 0. The number of amides is 1. The first-order chi connectivity index (χ1) is 12.5. The number of hydrogen-bond donors (Lipinski definition) is 0. The fourth-order valence-corrected chi connectivity index (χ4v) is 2.80. The second kappa shape index (κ2) is 7.60. The van der Waals surface area contributed by atoms with E-state index in [2.05, 4.69) is 23.8 Å². The Kier molecular flexibility index (Phi) is 5.26. The molecule has 0 bridgehead atoms. The summed E-state index contributed by atoms with van der Waals surface area (Å²) in [5.41, 5.74) is 3.34. The van der Waals surface area contributed by atoms with E-state index in [1.54, 1.807) is 31.4 Å². The molecule has 0 N–H and O–H groups in total. The normalized spacial score (nSPS) is 11.1. The molecule has 5 heteroatoms. The molecule has 1 aromatic carbocycles. The lowest BCUT2D eigenvalue weighted by Gasteiger charge is -2.14. The van der Waals surface area contributed by atoms with Gasteiger partial charge in [-0.2, -0.15) is 0 Å². The molecule has 26 heavy (non-hydrogen) atoms. The van der Waals surface area contributed by atoms with Crippen molar-refractivity contribution >= 4 is 16.8 Å². The van der Waals surface area contributed by atoms with Gasteiger partial charge in [0.1, 0.15) is 11.5 Å². The van der Waals surface area contributed by atoms with Crippen LogP contribution in [0.25, 0.3) is 22.0 Å². The maximum Gasteiger partial charge on any atom is 0.272 e. The number of fused-ring (bicyclic) bond motifs is 1. The lowest BCUT2D eigenvalue weighted by Crippen LogP contribution is -2.24. The van der Waals surface area contributed by atoms with Crippen molar-refractivity contribution in [1.29, 1.82) is 0 Å². The van der Waals surface area contributed by atoms with Crippen LogP contribution in [0.15, 0.2) is 42.7 Å². The first-order valence-corrected chi connectivity index (χ1v) is 8.88. The maximum atomic E-state index is 12.7. The van der Waals surface area contributed by atoms with Crippen LogP contribution in [0.3, 0.4) is 0 Å². The quantitative estimate of drug-likeness (QED) is 0.700. The second-order valence-corrected chi connectivity index (χ2v) is 7.09. The highest BCUT2D eigenvalue weighted by atomic mass is 16.2. The lowest BCUT2D eigenvalue weighted by molar-refractivity contribution is 0.0823. The number of carbonyl (C=O) groups is 1. The highest BCUT2D eigenvalue weighted by Crippen LogP contribution is 2.26. The van der Waals surface area contributed by atoms with Gasteiger partial charge in [-0.15, -0.1) is 0 Å². The van der Waals surface area contributed by atoms with Crippen LogP contribution < -0.4 is 0 Å². The summed E-state index contributed by atoms with van der Waals surface area (Å²) in [4.78, 5) is 27.7. The molecular weight excluding hydrogens is 324 g/mol. The van der Waals surface area contributed by atoms with Crippen LogP contribution in [-0.4, -0.2) is 39.9 Å². The fourth-order valence-electron chi connectivity index (χ4n) is 2.80. The minimum absolute atomic E-state index is 0.102. The van der Waals surface area contributed by atoms with Gasteiger partial charge in [0.15, 0.2) is 0 Å². The first-order valence-electron chi connectivity index (χ1n) is 8.88. The zero-order valence-corrected chi connectivity index (χ0v) is 15.7. The average molecular weight is 348 g/mol. The molecule has 0 saturated heterocycles. The van der Waals surface area contributed by atoms with Crippen molar-refractivity contribution in [3.63, 3.8) is 0 Å². The molecule has 0 unspecified atom stereocenters. The standard InChI is InChI=1S/C21H24N4O/c1-14(2)5-8-19-23-18-7-6-16(15-9-11-22-12-10-15)13-17(18)20(24-19)21(26)25(3)4/h6-7,9-14H,5,8H2,1-4H3. The van der Waals surface area contributed by atoms with Crippen molar-refractivity contribution in [2.75, 3.05) is 14.1 Å².